The zero-order valence-electron chi connectivity index (χ0n) is 13.7. The fraction of sp³-hybridized carbons (Fsp3) is 0.667. The molecule has 0 bridgehead atoms. The summed E-state index contributed by atoms with van der Waals surface area (Å²) in [6.07, 6.45) is 2.31. The fourth-order valence-electron chi connectivity index (χ4n) is 3.68. The van der Waals surface area contributed by atoms with Crippen molar-refractivity contribution in [3.63, 3.8) is 0 Å². The smallest absolute Gasteiger partial charge is 0.373 e. The van der Waals surface area contributed by atoms with E-state index in [9.17, 15) is 13.2 Å². The minimum absolute atomic E-state index is 0. The van der Waals surface area contributed by atoms with E-state index in [0.29, 0.717) is 25.4 Å². The van der Waals surface area contributed by atoms with E-state index in [1.807, 2.05) is 0 Å². The number of rotatable bonds is 4. The van der Waals surface area contributed by atoms with Crippen LogP contribution in [-0.2, 0) is 21.2 Å². The Kier molecular flexibility index (Phi) is 5.64. The summed E-state index contributed by atoms with van der Waals surface area (Å²) in [4.78, 5) is 11.7. The van der Waals surface area contributed by atoms with Gasteiger partial charge in [-0.15, -0.1) is 12.4 Å². The first-order chi connectivity index (χ1) is 10.9. The number of methoxy groups -OCH3 is 1. The Bertz CT molecular complexity index is 717. The predicted molar refractivity (Wildman–Crippen MR) is 89.6 cm³/mol. The molecule has 7 nitrogen and oxygen atoms in total. The van der Waals surface area contributed by atoms with E-state index in [1.54, 1.807) is 6.92 Å². The molecule has 136 valence electrons. The van der Waals surface area contributed by atoms with Crippen molar-refractivity contribution in [3.05, 3.63) is 17.6 Å². The molecule has 2 N–H and O–H groups in total. The molecule has 1 aromatic rings. The third-order valence-electron chi connectivity index (χ3n) is 4.97. The van der Waals surface area contributed by atoms with Crippen LogP contribution in [0.5, 0.6) is 0 Å². The number of halogens is 1. The van der Waals surface area contributed by atoms with Gasteiger partial charge in [0, 0.05) is 31.6 Å². The van der Waals surface area contributed by atoms with Crippen LogP contribution in [0, 0.1) is 11.8 Å². The molecule has 2 fully saturated rings. The summed E-state index contributed by atoms with van der Waals surface area (Å²) in [7, 11) is -2.46. The molecule has 0 aromatic carbocycles. The maximum atomic E-state index is 12.9. The van der Waals surface area contributed by atoms with Crippen molar-refractivity contribution in [2.24, 2.45) is 17.6 Å². The van der Waals surface area contributed by atoms with Gasteiger partial charge < -0.3 is 14.9 Å². The molecule has 1 saturated heterocycles. The quantitative estimate of drug-likeness (QED) is 0.794. The minimum Gasteiger partial charge on any atom is -0.463 e. The van der Waals surface area contributed by atoms with E-state index < -0.39 is 16.0 Å². The highest BCUT2D eigenvalue weighted by molar-refractivity contribution is 7.89. The standard InChI is InChI=1S/C15H22N2O5S.ClH/c1-3-12-14(6-13(22-12)15(18)21-2)23(19,20)17-7-9-4-5-11(16)10(9)8-17;/h6,9-11H,3-5,7-8,16H2,1-2H3;1H. The highest BCUT2D eigenvalue weighted by Crippen LogP contribution is 2.40. The lowest BCUT2D eigenvalue weighted by molar-refractivity contribution is 0.0563. The van der Waals surface area contributed by atoms with Gasteiger partial charge in [0.1, 0.15) is 10.7 Å². The number of nitrogens with two attached hydrogens (primary N) is 1. The van der Waals surface area contributed by atoms with Crippen LogP contribution in [0.15, 0.2) is 15.4 Å². The number of sulfonamides is 1. The van der Waals surface area contributed by atoms with Gasteiger partial charge in [-0.3, -0.25) is 0 Å². The fourth-order valence-corrected chi connectivity index (χ4v) is 5.44. The number of hydrogen-bond acceptors (Lipinski definition) is 6. The van der Waals surface area contributed by atoms with Gasteiger partial charge in [-0.05, 0) is 24.7 Å². The Labute approximate surface area is 148 Å². The third-order valence-corrected chi connectivity index (χ3v) is 6.85. The zero-order valence-corrected chi connectivity index (χ0v) is 15.4. The monoisotopic (exact) mass is 378 g/mol. The van der Waals surface area contributed by atoms with Gasteiger partial charge >= 0.3 is 5.97 Å². The maximum Gasteiger partial charge on any atom is 0.373 e. The Morgan fingerprint density at radius 3 is 2.71 bits per heavy atom. The number of furan rings is 1. The molecule has 1 aromatic heterocycles. The van der Waals surface area contributed by atoms with E-state index in [1.165, 1.54) is 17.5 Å². The molecule has 1 saturated carbocycles. The topological polar surface area (TPSA) is 103 Å². The highest BCUT2D eigenvalue weighted by Gasteiger charge is 2.46. The van der Waals surface area contributed by atoms with Crippen molar-refractivity contribution in [2.75, 3.05) is 20.2 Å². The van der Waals surface area contributed by atoms with Gasteiger partial charge in [-0.25, -0.2) is 13.2 Å². The van der Waals surface area contributed by atoms with Crippen LogP contribution in [-0.4, -0.2) is 44.9 Å². The average Bonchev–Trinajstić information content (AvgIpc) is 3.22. The number of carbonyl (C=O) groups excluding carboxylic acids is 1. The van der Waals surface area contributed by atoms with Crippen molar-refractivity contribution in [2.45, 2.75) is 37.1 Å². The van der Waals surface area contributed by atoms with Gasteiger partial charge in [0.05, 0.1) is 7.11 Å². The van der Waals surface area contributed by atoms with E-state index in [-0.39, 0.29) is 40.8 Å². The third kappa shape index (κ3) is 3.08. The first-order valence-corrected chi connectivity index (χ1v) is 9.29. The maximum absolute atomic E-state index is 12.9. The van der Waals surface area contributed by atoms with Crippen molar-refractivity contribution in [3.8, 4) is 0 Å². The van der Waals surface area contributed by atoms with Crippen LogP contribution in [0.4, 0.5) is 0 Å². The van der Waals surface area contributed by atoms with Crippen LogP contribution in [0.3, 0.4) is 0 Å². The van der Waals surface area contributed by atoms with E-state index in [4.69, 9.17) is 10.2 Å². The SMILES string of the molecule is CCc1oc(C(=O)OC)cc1S(=O)(=O)N1CC2CCC(N)C2C1.Cl. The molecule has 3 unspecified atom stereocenters. The number of carbonyl (C=O) groups is 1. The van der Waals surface area contributed by atoms with Crippen molar-refractivity contribution in [1.29, 1.82) is 0 Å². The zero-order chi connectivity index (χ0) is 16.8. The summed E-state index contributed by atoms with van der Waals surface area (Å²) in [6, 6.07) is 1.34. The second-order valence-corrected chi connectivity index (χ2v) is 8.14. The molecule has 9 heteroatoms. The summed E-state index contributed by atoms with van der Waals surface area (Å²) in [5.74, 6) is 0.0749. The molecular weight excluding hydrogens is 356 g/mol. The first kappa shape index (κ1) is 19.2. The Morgan fingerprint density at radius 2 is 2.12 bits per heavy atom. The van der Waals surface area contributed by atoms with Crippen LogP contribution in [0.1, 0.15) is 36.1 Å². The molecule has 1 aliphatic heterocycles. The molecule has 3 rings (SSSR count). The lowest BCUT2D eigenvalue weighted by atomic mass is 9.98. The summed E-state index contributed by atoms with van der Waals surface area (Å²) in [5, 5.41) is 0. The predicted octanol–water partition coefficient (Wildman–Crippen LogP) is 1.41. The highest BCUT2D eigenvalue weighted by atomic mass is 35.5. The molecule has 0 amide bonds. The van der Waals surface area contributed by atoms with Crippen LogP contribution >= 0.6 is 12.4 Å². The van der Waals surface area contributed by atoms with Gasteiger partial charge in [0.15, 0.2) is 0 Å². The van der Waals surface area contributed by atoms with E-state index >= 15 is 0 Å². The second kappa shape index (κ2) is 7.03. The van der Waals surface area contributed by atoms with Crippen LogP contribution in [0.25, 0.3) is 0 Å². The van der Waals surface area contributed by atoms with Gasteiger partial charge in [-0.1, -0.05) is 6.92 Å². The van der Waals surface area contributed by atoms with E-state index in [2.05, 4.69) is 4.74 Å². The van der Waals surface area contributed by atoms with Gasteiger partial charge in [0.2, 0.25) is 15.8 Å². The molecular formula is C15H23ClN2O5S. The lowest BCUT2D eigenvalue weighted by Gasteiger charge is -2.18. The number of aryl methyl sites for hydroxylation is 1. The number of nitrogens with zero attached hydrogens (tertiary/aromatic N) is 1. The summed E-state index contributed by atoms with van der Waals surface area (Å²) in [5.41, 5.74) is 6.08. The Morgan fingerprint density at radius 1 is 1.42 bits per heavy atom. The first-order valence-electron chi connectivity index (χ1n) is 7.85. The average molecular weight is 379 g/mol. The summed E-state index contributed by atoms with van der Waals surface area (Å²) >= 11 is 0. The number of esters is 1. The number of fused-ring (bicyclic) bond motifs is 1. The number of hydrogen-bond donors (Lipinski definition) is 1. The molecule has 0 spiro atoms. The Balaban J connectivity index is 0.00000208. The summed E-state index contributed by atoms with van der Waals surface area (Å²) in [6.45, 7) is 2.71. The van der Waals surface area contributed by atoms with Crippen LogP contribution in [0.2, 0.25) is 0 Å². The molecule has 1 aliphatic carbocycles. The van der Waals surface area contributed by atoms with Crippen molar-refractivity contribution in [1.82, 2.24) is 4.31 Å². The van der Waals surface area contributed by atoms with E-state index in [0.717, 1.165) is 12.8 Å². The molecule has 3 atom stereocenters. The lowest BCUT2D eigenvalue weighted by Crippen LogP contribution is -2.33. The molecule has 24 heavy (non-hydrogen) atoms. The molecule has 2 aliphatic rings. The van der Waals surface area contributed by atoms with Crippen LogP contribution < -0.4 is 5.73 Å². The minimum atomic E-state index is -3.69. The normalized spacial score (nSPS) is 26.9. The summed E-state index contributed by atoms with van der Waals surface area (Å²) < 4.78 is 37.4. The van der Waals surface area contributed by atoms with Crippen molar-refractivity contribution >= 4 is 28.4 Å². The number of ether oxygens (including phenoxy) is 1. The molecule has 0 radical (unpaired) electrons. The molecule has 2 heterocycles. The van der Waals surface area contributed by atoms with Gasteiger partial charge in [-0.2, -0.15) is 4.31 Å². The van der Waals surface area contributed by atoms with Crippen molar-refractivity contribution < 1.29 is 22.4 Å². The van der Waals surface area contributed by atoms with Gasteiger partial charge in [0.25, 0.3) is 0 Å². The Hall–Kier alpha value is -1.09. The second-order valence-electron chi connectivity index (χ2n) is 6.23. The largest absolute Gasteiger partial charge is 0.463 e.